The highest BCUT2D eigenvalue weighted by atomic mass is 16.2. The Balaban J connectivity index is 2.62. The molecule has 1 aromatic rings. The monoisotopic (exact) mass is 277 g/mol. The maximum atomic E-state index is 11.9. The summed E-state index contributed by atoms with van der Waals surface area (Å²) in [5, 5.41) is 5.22. The topological polar surface area (TPSA) is 78.5 Å². The maximum Gasteiger partial charge on any atom is 0.251 e. The number of benzene rings is 1. The molecule has 0 aliphatic rings. The molecular formula is C14H19N3O3. The lowest BCUT2D eigenvalue weighted by Gasteiger charge is -2.11. The summed E-state index contributed by atoms with van der Waals surface area (Å²) in [7, 11) is 3.26. The second-order valence-electron chi connectivity index (χ2n) is 4.58. The predicted molar refractivity (Wildman–Crippen MR) is 75.0 cm³/mol. The molecule has 20 heavy (non-hydrogen) atoms. The number of hydrogen-bond donors (Lipinski definition) is 2. The van der Waals surface area contributed by atoms with Gasteiger partial charge in [0.2, 0.25) is 11.8 Å². The predicted octanol–water partition coefficient (Wildman–Crippen LogP) is 0.141. The minimum absolute atomic E-state index is 0.0399. The van der Waals surface area contributed by atoms with E-state index in [0.29, 0.717) is 12.1 Å². The smallest absolute Gasteiger partial charge is 0.251 e. The minimum Gasteiger partial charge on any atom is -0.352 e. The molecule has 0 atom stereocenters. The second-order valence-corrected chi connectivity index (χ2v) is 4.58. The van der Waals surface area contributed by atoms with Crippen LogP contribution in [0.25, 0.3) is 0 Å². The summed E-state index contributed by atoms with van der Waals surface area (Å²) in [5.41, 5.74) is 1.28. The van der Waals surface area contributed by atoms with Crippen LogP contribution in [0.1, 0.15) is 22.8 Å². The number of carbonyl (C=O) groups excluding carboxylic acids is 3. The first-order valence-electron chi connectivity index (χ1n) is 6.22. The molecule has 1 aromatic carbocycles. The average molecular weight is 277 g/mol. The van der Waals surface area contributed by atoms with Gasteiger partial charge in [0.15, 0.2) is 0 Å². The van der Waals surface area contributed by atoms with Gasteiger partial charge in [0, 0.05) is 33.1 Å². The summed E-state index contributed by atoms with van der Waals surface area (Å²) >= 11 is 0. The molecule has 6 heteroatoms. The molecule has 1 rings (SSSR count). The van der Waals surface area contributed by atoms with Gasteiger partial charge in [-0.2, -0.15) is 0 Å². The van der Waals surface area contributed by atoms with E-state index in [9.17, 15) is 14.4 Å². The van der Waals surface area contributed by atoms with Gasteiger partial charge in [-0.1, -0.05) is 12.1 Å². The van der Waals surface area contributed by atoms with Gasteiger partial charge in [0.05, 0.1) is 6.54 Å². The molecule has 0 fully saturated rings. The van der Waals surface area contributed by atoms with Gasteiger partial charge >= 0.3 is 0 Å². The third kappa shape index (κ3) is 5.09. The highest BCUT2D eigenvalue weighted by Gasteiger charge is 2.09. The van der Waals surface area contributed by atoms with Crippen molar-refractivity contribution < 1.29 is 14.4 Å². The minimum atomic E-state index is -0.315. The molecule has 0 spiro atoms. The lowest BCUT2D eigenvalue weighted by atomic mass is 10.1. The van der Waals surface area contributed by atoms with Gasteiger partial charge in [-0.25, -0.2) is 0 Å². The second kappa shape index (κ2) is 7.28. The normalized spacial score (nSPS) is 9.75. The van der Waals surface area contributed by atoms with Crippen LogP contribution in [-0.4, -0.2) is 43.3 Å². The van der Waals surface area contributed by atoms with Crippen molar-refractivity contribution in [1.29, 1.82) is 0 Å². The lowest BCUT2D eigenvalue weighted by molar-refractivity contribution is -0.127. The summed E-state index contributed by atoms with van der Waals surface area (Å²) in [6.45, 7) is 1.76. The Kier molecular flexibility index (Phi) is 5.71. The molecule has 0 saturated heterocycles. The summed E-state index contributed by atoms with van der Waals surface area (Å²) in [6, 6.07) is 6.90. The molecule has 0 unspecified atom stereocenters. The average Bonchev–Trinajstić information content (AvgIpc) is 2.42. The number of amides is 3. The zero-order chi connectivity index (χ0) is 15.1. The number of hydrogen-bond acceptors (Lipinski definition) is 3. The van der Waals surface area contributed by atoms with Crippen LogP contribution in [0.4, 0.5) is 0 Å². The Labute approximate surface area is 118 Å². The molecule has 108 valence electrons. The van der Waals surface area contributed by atoms with E-state index in [1.54, 1.807) is 32.3 Å². The quantitative estimate of drug-likeness (QED) is 0.803. The molecule has 0 heterocycles. The van der Waals surface area contributed by atoms with Gasteiger partial charge in [0.25, 0.3) is 5.91 Å². The van der Waals surface area contributed by atoms with Gasteiger partial charge in [-0.15, -0.1) is 0 Å². The third-order valence-electron chi connectivity index (χ3n) is 2.63. The number of nitrogens with one attached hydrogen (secondary N) is 2. The SMILES string of the molecule is CC(=O)NCc1cccc(C(=O)NCC(=O)N(C)C)c1. The first-order chi connectivity index (χ1) is 9.40. The van der Waals surface area contributed by atoms with E-state index in [-0.39, 0.29) is 24.3 Å². The molecule has 0 aliphatic carbocycles. The van der Waals surface area contributed by atoms with E-state index in [4.69, 9.17) is 0 Å². The Morgan fingerprint density at radius 1 is 1.15 bits per heavy atom. The third-order valence-corrected chi connectivity index (χ3v) is 2.63. The van der Waals surface area contributed by atoms with Crippen molar-refractivity contribution in [2.75, 3.05) is 20.6 Å². The summed E-state index contributed by atoms with van der Waals surface area (Å²) < 4.78 is 0. The zero-order valence-corrected chi connectivity index (χ0v) is 11.9. The summed E-state index contributed by atoms with van der Waals surface area (Å²) in [4.78, 5) is 35.5. The Morgan fingerprint density at radius 2 is 1.85 bits per heavy atom. The zero-order valence-electron chi connectivity index (χ0n) is 11.9. The van der Waals surface area contributed by atoms with Crippen LogP contribution >= 0.6 is 0 Å². The van der Waals surface area contributed by atoms with E-state index < -0.39 is 0 Å². The van der Waals surface area contributed by atoms with E-state index >= 15 is 0 Å². The van der Waals surface area contributed by atoms with Gasteiger partial charge in [-0.3, -0.25) is 14.4 Å². The molecular weight excluding hydrogens is 258 g/mol. The number of likely N-dealkylation sites (N-methyl/N-ethyl adjacent to an activating group) is 1. The highest BCUT2D eigenvalue weighted by molar-refractivity contribution is 5.96. The van der Waals surface area contributed by atoms with Crippen LogP contribution in [0.2, 0.25) is 0 Å². The number of rotatable bonds is 5. The molecule has 0 radical (unpaired) electrons. The van der Waals surface area contributed by atoms with Crippen molar-refractivity contribution in [2.45, 2.75) is 13.5 Å². The fourth-order valence-corrected chi connectivity index (χ4v) is 1.47. The van der Waals surface area contributed by atoms with Crippen LogP contribution < -0.4 is 10.6 Å². The molecule has 0 bridgehead atoms. The summed E-state index contributed by atoms with van der Waals surface area (Å²) in [6.07, 6.45) is 0. The van der Waals surface area contributed by atoms with E-state index in [1.165, 1.54) is 11.8 Å². The van der Waals surface area contributed by atoms with Crippen LogP contribution in [0.3, 0.4) is 0 Å². The van der Waals surface area contributed by atoms with Gasteiger partial charge in [-0.05, 0) is 17.7 Å². The molecule has 0 aromatic heterocycles. The molecule has 6 nitrogen and oxygen atoms in total. The first-order valence-corrected chi connectivity index (χ1v) is 6.22. The highest BCUT2D eigenvalue weighted by Crippen LogP contribution is 2.05. The van der Waals surface area contributed by atoms with Crippen LogP contribution in [-0.2, 0) is 16.1 Å². The van der Waals surface area contributed by atoms with Crippen molar-refractivity contribution >= 4 is 17.7 Å². The van der Waals surface area contributed by atoms with Crippen molar-refractivity contribution in [1.82, 2.24) is 15.5 Å². The first kappa shape index (κ1) is 15.7. The number of nitrogens with zero attached hydrogens (tertiary/aromatic N) is 1. The Hall–Kier alpha value is -2.37. The Bertz CT molecular complexity index is 512. The van der Waals surface area contributed by atoms with E-state index in [0.717, 1.165) is 5.56 Å². The number of carbonyl (C=O) groups is 3. The van der Waals surface area contributed by atoms with Crippen molar-refractivity contribution in [3.8, 4) is 0 Å². The fourth-order valence-electron chi connectivity index (χ4n) is 1.47. The molecule has 0 saturated carbocycles. The van der Waals surface area contributed by atoms with Gasteiger partial charge in [0.1, 0.15) is 0 Å². The van der Waals surface area contributed by atoms with Crippen LogP contribution in [0.15, 0.2) is 24.3 Å². The Morgan fingerprint density at radius 3 is 2.45 bits per heavy atom. The van der Waals surface area contributed by atoms with Crippen molar-refractivity contribution in [2.24, 2.45) is 0 Å². The van der Waals surface area contributed by atoms with Crippen molar-refractivity contribution in [3.05, 3.63) is 35.4 Å². The van der Waals surface area contributed by atoms with E-state index in [2.05, 4.69) is 10.6 Å². The van der Waals surface area contributed by atoms with Crippen LogP contribution in [0, 0.1) is 0 Å². The largest absolute Gasteiger partial charge is 0.352 e. The van der Waals surface area contributed by atoms with Crippen LogP contribution in [0.5, 0.6) is 0 Å². The molecule has 3 amide bonds. The lowest BCUT2D eigenvalue weighted by Crippen LogP contribution is -2.36. The fraction of sp³-hybridized carbons (Fsp3) is 0.357. The molecule has 2 N–H and O–H groups in total. The van der Waals surface area contributed by atoms with E-state index in [1.807, 2.05) is 6.07 Å². The van der Waals surface area contributed by atoms with Crippen molar-refractivity contribution in [3.63, 3.8) is 0 Å². The maximum absolute atomic E-state index is 11.9. The van der Waals surface area contributed by atoms with Gasteiger partial charge < -0.3 is 15.5 Å². The molecule has 0 aliphatic heterocycles. The summed E-state index contributed by atoms with van der Waals surface area (Å²) in [5.74, 6) is -0.617. The standard InChI is InChI=1S/C14H19N3O3/c1-10(18)15-8-11-5-4-6-12(7-11)14(20)16-9-13(19)17(2)3/h4-7H,8-9H2,1-3H3,(H,15,18)(H,16,20).